The second-order valence-electron chi connectivity index (χ2n) is 11.3. The molecule has 0 saturated carbocycles. The lowest BCUT2D eigenvalue weighted by molar-refractivity contribution is 0.536. The van der Waals surface area contributed by atoms with E-state index < -0.39 is 0 Å². The van der Waals surface area contributed by atoms with Crippen LogP contribution in [-0.4, -0.2) is 0 Å². The van der Waals surface area contributed by atoms with Crippen molar-refractivity contribution in [3.63, 3.8) is 0 Å². The average Bonchev–Trinajstić information content (AvgIpc) is 2.89. The summed E-state index contributed by atoms with van der Waals surface area (Å²) in [5, 5.41) is 0. The molecule has 0 aromatic carbocycles. The number of rotatable bonds is 29. The molecule has 0 nitrogen and oxygen atoms in total. The summed E-state index contributed by atoms with van der Waals surface area (Å²) < 4.78 is 0. The molecule has 36 heavy (non-hydrogen) atoms. The van der Waals surface area contributed by atoms with E-state index in [9.17, 15) is 0 Å². The molecule has 0 unspecified atom stereocenters. The standard InChI is InChI=1S/2C18H36/c2*1-3-5-7-9-11-13-15-17-18-16-14-12-10-8-6-4-2/h17-18H,3-16H2,1-2H3;3H,1,4-18H2,2H3/b18-17+;. The molecule has 0 rings (SSSR count). The summed E-state index contributed by atoms with van der Waals surface area (Å²) in [6.07, 6.45) is 47.9. The molecule has 0 aromatic rings. The van der Waals surface area contributed by atoms with Gasteiger partial charge in [0.15, 0.2) is 0 Å². The highest BCUT2D eigenvalue weighted by Gasteiger charge is 1.94. The first-order chi connectivity index (χ1) is 17.8. The van der Waals surface area contributed by atoms with Crippen LogP contribution >= 0.6 is 0 Å². The molecular formula is C36H72. The fourth-order valence-electron chi connectivity index (χ4n) is 4.80. The Labute approximate surface area is 231 Å². The van der Waals surface area contributed by atoms with Gasteiger partial charge in [0.2, 0.25) is 0 Å². The SMILES string of the molecule is C=CCCCCCCCCCCCCCCCC.CCCCCCCC/C=C/CCCCCCCC. The van der Waals surface area contributed by atoms with Gasteiger partial charge < -0.3 is 0 Å². The molecule has 0 radical (unpaired) electrons. The molecule has 0 saturated heterocycles. The Morgan fingerprint density at radius 3 is 0.778 bits per heavy atom. The van der Waals surface area contributed by atoms with Crippen molar-refractivity contribution in [1.82, 2.24) is 0 Å². The maximum atomic E-state index is 3.76. The molecule has 0 N–H and O–H groups in total. The quantitative estimate of drug-likeness (QED) is 0.0701. The van der Waals surface area contributed by atoms with Crippen LogP contribution < -0.4 is 0 Å². The van der Waals surface area contributed by atoms with Crippen LogP contribution in [0, 0.1) is 0 Å². The second-order valence-corrected chi connectivity index (χ2v) is 11.3. The number of hydrogen-bond donors (Lipinski definition) is 0. The summed E-state index contributed by atoms with van der Waals surface area (Å²) in [4.78, 5) is 0. The first-order valence-corrected chi connectivity index (χ1v) is 17.1. The third kappa shape index (κ3) is 40.6. The second kappa shape index (κ2) is 39.0. The molecule has 0 aliphatic carbocycles. The predicted octanol–water partition coefficient (Wildman–Crippen LogP) is 14.1. The minimum absolute atomic E-state index is 1.21. The Kier molecular flexibility index (Phi) is 40.8. The van der Waals surface area contributed by atoms with E-state index in [1.807, 2.05) is 6.08 Å². The van der Waals surface area contributed by atoms with E-state index in [1.165, 1.54) is 186 Å². The molecule has 0 aliphatic rings. The van der Waals surface area contributed by atoms with Gasteiger partial charge in [0, 0.05) is 0 Å². The van der Waals surface area contributed by atoms with Crippen LogP contribution in [0.25, 0.3) is 0 Å². The van der Waals surface area contributed by atoms with Gasteiger partial charge in [-0.2, -0.15) is 0 Å². The summed E-state index contributed by atoms with van der Waals surface area (Å²) in [5.74, 6) is 0. The number of hydrogen-bond acceptors (Lipinski definition) is 0. The first-order valence-electron chi connectivity index (χ1n) is 17.1. The van der Waals surface area contributed by atoms with E-state index >= 15 is 0 Å². The minimum atomic E-state index is 1.21. The fourth-order valence-corrected chi connectivity index (χ4v) is 4.80. The Hall–Kier alpha value is -0.520. The lowest BCUT2D eigenvalue weighted by atomic mass is 10.0. The van der Waals surface area contributed by atoms with Gasteiger partial charge in [-0.3, -0.25) is 0 Å². The van der Waals surface area contributed by atoms with Crippen LogP contribution in [0.15, 0.2) is 24.8 Å². The predicted molar refractivity (Wildman–Crippen MR) is 170 cm³/mol. The molecule has 0 heterocycles. The van der Waals surface area contributed by atoms with E-state index in [2.05, 4.69) is 39.5 Å². The Bertz CT molecular complexity index is 361. The van der Waals surface area contributed by atoms with Crippen molar-refractivity contribution >= 4 is 0 Å². The monoisotopic (exact) mass is 505 g/mol. The van der Waals surface area contributed by atoms with Crippen molar-refractivity contribution in [2.45, 2.75) is 207 Å². The van der Waals surface area contributed by atoms with E-state index in [-0.39, 0.29) is 0 Å². The molecule has 0 aliphatic heterocycles. The van der Waals surface area contributed by atoms with E-state index in [4.69, 9.17) is 0 Å². The van der Waals surface area contributed by atoms with Crippen LogP contribution in [0.3, 0.4) is 0 Å². The fraction of sp³-hybridized carbons (Fsp3) is 0.889. The summed E-state index contributed by atoms with van der Waals surface area (Å²) in [7, 11) is 0. The lowest BCUT2D eigenvalue weighted by Crippen LogP contribution is -1.83. The smallest absolute Gasteiger partial charge is 0.0351 e. The maximum Gasteiger partial charge on any atom is -0.0351 e. The van der Waals surface area contributed by atoms with E-state index in [0.29, 0.717) is 0 Å². The van der Waals surface area contributed by atoms with Crippen LogP contribution in [0.2, 0.25) is 0 Å². The van der Waals surface area contributed by atoms with Crippen LogP contribution in [0.5, 0.6) is 0 Å². The molecule has 216 valence electrons. The largest absolute Gasteiger partial charge is 0.103 e. The molecule has 0 aromatic heterocycles. The summed E-state index contributed by atoms with van der Waals surface area (Å²) in [6, 6.07) is 0. The molecule has 0 spiro atoms. The van der Waals surface area contributed by atoms with Crippen LogP contribution in [0.1, 0.15) is 207 Å². The lowest BCUT2D eigenvalue weighted by Gasteiger charge is -2.02. The van der Waals surface area contributed by atoms with Gasteiger partial charge in [-0.15, -0.1) is 6.58 Å². The molecule has 0 bridgehead atoms. The topological polar surface area (TPSA) is 0 Å². The van der Waals surface area contributed by atoms with Gasteiger partial charge >= 0.3 is 0 Å². The van der Waals surface area contributed by atoms with Crippen LogP contribution in [-0.2, 0) is 0 Å². The number of unbranched alkanes of at least 4 members (excludes halogenated alkanes) is 26. The Balaban J connectivity index is 0. The average molecular weight is 505 g/mol. The molecule has 0 heteroatoms. The highest BCUT2D eigenvalue weighted by molar-refractivity contribution is 4.81. The van der Waals surface area contributed by atoms with E-state index in [0.717, 1.165) is 0 Å². The highest BCUT2D eigenvalue weighted by Crippen LogP contribution is 2.13. The van der Waals surface area contributed by atoms with E-state index in [1.54, 1.807) is 0 Å². The van der Waals surface area contributed by atoms with Gasteiger partial charge in [0.25, 0.3) is 0 Å². The zero-order valence-electron chi connectivity index (χ0n) is 25.9. The Morgan fingerprint density at radius 1 is 0.306 bits per heavy atom. The van der Waals surface area contributed by atoms with Gasteiger partial charge in [0.1, 0.15) is 0 Å². The van der Waals surface area contributed by atoms with Crippen molar-refractivity contribution in [3.8, 4) is 0 Å². The van der Waals surface area contributed by atoms with Crippen molar-refractivity contribution in [1.29, 1.82) is 0 Å². The zero-order chi connectivity index (χ0) is 26.6. The molecule has 0 fully saturated rings. The third-order valence-electron chi connectivity index (χ3n) is 7.38. The first kappa shape index (κ1) is 37.6. The van der Waals surface area contributed by atoms with Gasteiger partial charge in [0.05, 0.1) is 0 Å². The Morgan fingerprint density at radius 2 is 0.528 bits per heavy atom. The van der Waals surface area contributed by atoms with Gasteiger partial charge in [-0.1, -0.05) is 187 Å². The normalized spacial score (nSPS) is 11.1. The molecular weight excluding hydrogens is 432 g/mol. The summed E-state index contributed by atoms with van der Waals surface area (Å²) in [6.45, 7) is 10.6. The summed E-state index contributed by atoms with van der Waals surface area (Å²) in [5.41, 5.74) is 0. The van der Waals surface area contributed by atoms with Gasteiger partial charge in [-0.05, 0) is 38.5 Å². The molecule has 0 atom stereocenters. The zero-order valence-corrected chi connectivity index (χ0v) is 25.9. The van der Waals surface area contributed by atoms with Crippen LogP contribution in [0.4, 0.5) is 0 Å². The number of allylic oxidation sites excluding steroid dienone is 3. The van der Waals surface area contributed by atoms with Crippen molar-refractivity contribution in [3.05, 3.63) is 24.8 Å². The van der Waals surface area contributed by atoms with Crippen molar-refractivity contribution < 1.29 is 0 Å². The van der Waals surface area contributed by atoms with Crippen molar-refractivity contribution in [2.75, 3.05) is 0 Å². The third-order valence-corrected chi connectivity index (χ3v) is 7.38. The molecule has 0 amide bonds. The summed E-state index contributed by atoms with van der Waals surface area (Å²) >= 11 is 0. The van der Waals surface area contributed by atoms with Gasteiger partial charge in [-0.25, -0.2) is 0 Å². The highest BCUT2D eigenvalue weighted by atomic mass is 14.0. The minimum Gasteiger partial charge on any atom is -0.103 e. The maximum absolute atomic E-state index is 3.76. The van der Waals surface area contributed by atoms with Crippen molar-refractivity contribution in [2.24, 2.45) is 0 Å².